The SMILES string of the molecule is COc1ccc(-c2nn(CC(=O)NCc3ccc4c(c3)OCO4)c(=O)c3nc(C)sc23)cc1. The van der Waals surface area contributed by atoms with Crippen LogP contribution in [0.3, 0.4) is 0 Å². The van der Waals surface area contributed by atoms with E-state index in [1.807, 2.05) is 43.3 Å². The molecule has 0 radical (unpaired) electrons. The number of nitrogens with one attached hydrogen (secondary N) is 1. The highest BCUT2D eigenvalue weighted by molar-refractivity contribution is 7.19. The number of methoxy groups -OCH3 is 1. The predicted molar refractivity (Wildman–Crippen MR) is 123 cm³/mol. The fourth-order valence-electron chi connectivity index (χ4n) is 3.55. The summed E-state index contributed by atoms with van der Waals surface area (Å²) in [5.41, 5.74) is 2.17. The van der Waals surface area contributed by atoms with Crippen molar-refractivity contribution in [3.05, 3.63) is 63.4 Å². The van der Waals surface area contributed by atoms with E-state index in [1.54, 1.807) is 13.2 Å². The van der Waals surface area contributed by atoms with Crippen molar-refractivity contribution < 1.29 is 19.0 Å². The summed E-state index contributed by atoms with van der Waals surface area (Å²) in [5, 5.41) is 8.10. The molecule has 9 nitrogen and oxygen atoms in total. The highest BCUT2D eigenvalue weighted by Crippen LogP contribution is 2.32. The molecule has 0 spiro atoms. The van der Waals surface area contributed by atoms with E-state index in [0.717, 1.165) is 20.8 Å². The number of aromatic nitrogens is 3. The molecular weight excluding hydrogens is 444 g/mol. The molecule has 0 atom stereocenters. The van der Waals surface area contributed by atoms with Crippen molar-refractivity contribution in [2.45, 2.75) is 20.0 Å². The molecule has 1 amide bonds. The minimum Gasteiger partial charge on any atom is -0.497 e. The van der Waals surface area contributed by atoms with Crippen molar-refractivity contribution in [1.82, 2.24) is 20.1 Å². The van der Waals surface area contributed by atoms with E-state index in [4.69, 9.17) is 14.2 Å². The Balaban J connectivity index is 1.40. The lowest BCUT2D eigenvalue weighted by molar-refractivity contribution is -0.122. The first-order valence-corrected chi connectivity index (χ1v) is 11.0. The highest BCUT2D eigenvalue weighted by atomic mass is 32.1. The number of hydrogen-bond donors (Lipinski definition) is 1. The number of aryl methyl sites for hydroxylation is 1. The standard InChI is InChI=1S/C23H20N4O5S/c1-13-25-21-22(33-13)20(15-4-6-16(30-2)7-5-15)26-27(23(21)29)11-19(28)24-10-14-3-8-17-18(9-14)32-12-31-17/h3-9H,10-12H2,1-2H3,(H,24,28). The summed E-state index contributed by atoms with van der Waals surface area (Å²) < 4.78 is 17.8. The van der Waals surface area contributed by atoms with E-state index in [9.17, 15) is 9.59 Å². The molecule has 168 valence electrons. The van der Waals surface area contributed by atoms with Crippen molar-refractivity contribution >= 4 is 27.5 Å². The third-order valence-electron chi connectivity index (χ3n) is 5.19. The Labute approximate surface area is 192 Å². The Bertz CT molecular complexity index is 1410. The first-order valence-electron chi connectivity index (χ1n) is 10.2. The Hall–Kier alpha value is -3.92. The van der Waals surface area contributed by atoms with Crippen LogP contribution >= 0.6 is 11.3 Å². The fraction of sp³-hybridized carbons (Fsp3) is 0.217. The van der Waals surface area contributed by atoms with Gasteiger partial charge in [0.2, 0.25) is 12.7 Å². The second-order valence-electron chi connectivity index (χ2n) is 7.41. The summed E-state index contributed by atoms with van der Waals surface area (Å²) in [6.45, 7) is 2.09. The van der Waals surface area contributed by atoms with Crippen LogP contribution in [0.5, 0.6) is 17.2 Å². The number of carbonyl (C=O) groups is 1. The molecule has 4 aromatic rings. The second kappa shape index (κ2) is 8.55. The average Bonchev–Trinajstić information content (AvgIpc) is 3.45. The van der Waals surface area contributed by atoms with E-state index < -0.39 is 5.56 Å². The molecule has 0 fully saturated rings. The van der Waals surface area contributed by atoms with E-state index in [-0.39, 0.29) is 25.8 Å². The summed E-state index contributed by atoms with van der Waals surface area (Å²) in [6.07, 6.45) is 0. The molecule has 0 saturated heterocycles. The Kier molecular flexibility index (Phi) is 5.43. The third kappa shape index (κ3) is 4.12. The van der Waals surface area contributed by atoms with Crippen molar-refractivity contribution in [3.8, 4) is 28.5 Å². The molecule has 1 N–H and O–H groups in total. The molecule has 10 heteroatoms. The van der Waals surface area contributed by atoms with Gasteiger partial charge in [-0.1, -0.05) is 6.07 Å². The number of fused-ring (bicyclic) bond motifs is 2. The molecule has 0 aliphatic carbocycles. The van der Waals surface area contributed by atoms with Crippen LogP contribution in [0.2, 0.25) is 0 Å². The molecule has 33 heavy (non-hydrogen) atoms. The maximum Gasteiger partial charge on any atom is 0.294 e. The maximum absolute atomic E-state index is 13.0. The van der Waals surface area contributed by atoms with Crippen molar-refractivity contribution in [2.24, 2.45) is 0 Å². The molecule has 0 bridgehead atoms. The fourth-order valence-corrected chi connectivity index (χ4v) is 4.47. The summed E-state index contributed by atoms with van der Waals surface area (Å²) in [4.78, 5) is 30.0. The lowest BCUT2D eigenvalue weighted by Gasteiger charge is -2.10. The van der Waals surface area contributed by atoms with Gasteiger partial charge in [0.15, 0.2) is 17.0 Å². The van der Waals surface area contributed by atoms with Crippen LogP contribution in [-0.4, -0.2) is 34.6 Å². The topological polar surface area (TPSA) is 105 Å². The molecule has 1 aliphatic heterocycles. The molecule has 0 unspecified atom stereocenters. The number of ether oxygens (including phenoxy) is 3. The predicted octanol–water partition coefficient (Wildman–Crippen LogP) is 2.88. The van der Waals surface area contributed by atoms with Gasteiger partial charge in [-0.3, -0.25) is 9.59 Å². The number of thiazole rings is 1. The molecule has 2 aromatic carbocycles. The van der Waals surface area contributed by atoms with Gasteiger partial charge >= 0.3 is 0 Å². The van der Waals surface area contributed by atoms with E-state index >= 15 is 0 Å². The lowest BCUT2D eigenvalue weighted by atomic mass is 10.1. The van der Waals surface area contributed by atoms with Crippen LogP contribution in [0.4, 0.5) is 0 Å². The van der Waals surface area contributed by atoms with Crippen LogP contribution in [0, 0.1) is 6.92 Å². The minimum atomic E-state index is -0.398. The number of hydrogen-bond acceptors (Lipinski definition) is 8. The molecule has 2 aromatic heterocycles. The Morgan fingerprint density at radius 2 is 1.97 bits per heavy atom. The molecule has 5 rings (SSSR count). The van der Waals surface area contributed by atoms with Crippen molar-refractivity contribution in [1.29, 1.82) is 0 Å². The van der Waals surface area contributed by atoms with E-state index in [0.29, 0.717) is 33.2 Å². The van der Waals surface area contributed by atoms with Gasteiger partial charge in [-0.15, -0.1) is 11.3 Å². The first kappa shape index (κ1) is 21.0. The Morgan fingerprint density at radius 3 is 2.76 bits per heavy atom. The number of amides is 1. The van der Waals surface area contributed by atoms with Gasteiger partial charge in [0.1, 0.15) is 18.0 Å². The summed E-state index contributed by atoms with van der Waals surface area (Å²) in [5.74, 6) is 1.70. The maximum atomic E-state index is 13.0. The number of benzene rings is 2. The second-order valence-corrected chi connectivity index (χ2v) is 8.62. The third-order valence-corrected chi connectivity index (χ3v) is 6.17. The zero-order chi connectivity index (χ0) is 22.9. The minimum absolute atomic E-state index is 0.189. The van der Waals surface area contributed by atoms with Crippen LogP contribution < -0.4 is 25.1 Å². The van der Waals surface area contributed by atoms with Gasteiger partial charge in [0.05, 0.1) is 16.8 Å². The zero-order valence-electron chi connectivity index (χ0n) is 18.0. The largest absolute Gasteiger partial charge is 0.497 e. The molecule has 1 aliphatic rings. The summed E-state index contributed by atoms with van der Waals surface area (Å²) >= 11 is 1.40. The number of nitrogens with zero attached hydrogens (tertiary/aromatic N) is 3. The van der Waals surface area contributed by atoms with Crippen LogP contribution in [0.15, 0.2) is 47.3 Å². The van der Waals surface area contributed by atoms with Gasteiger partial charge in [0, 0.05) is 12.1 Å². The highest BCUT2D eigenvalue weighted by Gasteiger charge is 2.18. The van der Waals surface area contributed by atoms with Crippen molar-refractivity contribution in [3.63, 3.8) is 0 Å². The van der Waals surface area contributed by atoms with E-state index in [1.165, 1.54) is 11.3 Å². The van der Waals surface area contributed by atoms with E-state index in [2.05, 4.69) is 15.4 Å². The number of rotatable bonds is 6. The first-order chi connectivity index (χ1) is 16.0. The van der Waals surface area contributed by atoms with Gasteiger partial charge in [0.25, 0.3) is 5.56 Å². The monoisotopic (exact) mass is 464 g/mol. The van der Waals surface area contributed by atoms with Gasteiger partial charge in [-0.05, 0) is 48.9 Å². The van der Waals surface area contributed by atoms with Crippen molar-refractivity contribution in [2.75, 3.05) is 13.9 Å². The molecular formula is C23H20N4O5S. The Morgan fingerprint density at radius 1 is 1.18 bits per heavy atom. The molecule has 3 heterocycles. The average molecular weight is 465 g/mol. The zero-order valence-corrected chi connectivity index (χ0v) is 18.8. The van der Waals surface area contributed by atoms with Gasteiger partial charge in [-0.2, -0.15) is 5.10 Å². The van der Waals surface area contributed by atoms with Gasteiger partial charge < -0.3 is 19.5 Å². The van der Waals surface area contributed by atoms with Crippen LogP contribution in [0.1, 0.15) is 10.6 Å². The lowest BCUT2D eigenvalue weighted by Crippen LogP contribution is -2.33. The smallest absolute Gasteiger partial charge is 0.294 e. The van der Waals surface area contributed by atoms with Gasteiger partial charge in [-0.25, -0.2) is 9.67 Å². The summed E-state index contributed by atoms with van der Waals surface area (Å²) in [6, 6.07) is 12.8. The van der Waals surface area contributed by atoms with Crippen LogP contribution in [-0.2, 0) is 17.9 Å². The normalized spacial score (nSPS) is 12.2. The quantitative estimate of drug-likeness (QED) is 0.468. The number of carbonyl (C=O) groups excluding carboxylic acids is 1. The summed E-state index contributed by atoms with van der Waals surface area (Å²) in [7, 11) is 1.60. The van der Waals surface area contributed by atoms with Crippen LogP contribution in [0.25, 0.3) is 21.5 Å². The molecule has 0 saturated carbocycles.